The first-order valence-electron chi connectivity index (χ1n) is 5.27. The number of halogens is 2. The number of anilines is 1. The van der Waals surface area contributed by atoms with E-state index in [-0.39, 0.29) is 18.0 Å². The SMILES string of the molecule is CC1CN(c2ccc(F)cn2)CC(CCl)O1. The van der Waals surface area contributed by atoms with Gasteiger partial charge in [0.2, 0.25) is 0 Å². The molecule has 1 aromatic heterocycles. The number of alkyl halides is 1. The second-order valence-corrected chi connectivity index (χ2v) is 4.27. The standard InChI is InChI=1S/C11H14ClFN2O/c1-8-6-15(7-10(4-12)16-8)11-3-2-9(13)5-14-11/h2-3,5,8,10H,4,6-7H2,1H3. The fourth-order valence-electron chi connectivity index (χ4n) is 1.87. The van der Waals surface area contributed by atoms with Crippen LogP contribution in [0.15, 0.2) is 18.3 Å². The lowest BCUT2D eigenvalue weighted by Crippen LogP contribution is -2.47. The summed E-state index contributed by atoms with van der Waals surface area (Å²) < 4.78 is 18.4. The number of hydrogen-bond acceptors (Lipinski definition) is 3. The van der Waals surface area contributed by atoms with Crippen LogP contribution in [0.5, 0.6) is 0 Å². The Morgan fingerprint density at radius 1 is 1.56 bits per heavy atom. The molecule has 2 unspecified atom stereocenters. The van der Waals surface area contributed by atoms with E-state index in [4.69, 9.17) is 16.3 Å². The van der Waals surface area contributed by atoms with Crippen LogP contribution in [-0.2, 0) is 4.74 Å². The van der Waals surface area contributed by atoms with Crippen molar-refractivity contribution in [1.82, 2.24) is 4.98 Å². The van der Waals surface area contributed by atoms with Crippen molar-refractivity contribution in [3.8, 4) is 0 Å². The minimum atomic E-state index is -0.320. The van der Waals surface area contributed by atoms with Crippen LogP contribution in [0.4, 0.5) is 10.2 Å². The maximum Gasteiger partial charge on any atom is 0.141 e. The highest BCUT2D eigenvalue weighted by molar-refractivity contribution is 6.18. The van der Waals surface area contributed by atoms with Crippen LogP contribution in [0, 0.1) is 5.82 Å². The van der Waals surface area contributed by atoms with Crippen LogP contribution in [0.1, 0.15) is 6.92 Å². The van der Waals surface area contributed by atoms with Gasteiger partial charge in [-0.2, -0.15) is 0 Å². The zero-order valence-electron chi connectivity index (χ0n) is 9.07. The maximum absolute atomic E-state index is 12.7. The molecule has 0 aliphatic carbocycles. The lowest BCUT2D eigenvalue weighted by atomic mass is 10.2. The zero-order valence-corrected chi connectivity index (χ0v) is 9.82. The molecule has 0 aromatic carbocycles. The molecule has 2 heterocycles. The molecule has 2 atom stereocenters. The Morgan fingerprint density at radius 2 is 2.38 bits per heavy atom. The van der Waals surface area contributed by atoms with Gasteiger partial charge >= 0.3 is 0 Å². The first kappa shape index (κ1) is 11.6. The third kappa shape index (κ3) is 2.62. The van der Waals surface area contributed by atoms with Gasteiger partial charge in [-0.15, -0.1) is 11.6 Å². The smallest absolute Gasteiger partial charge is 0.141 e. The highest BCUT2D eigenvalue weighted by atomic mass is 35.5. The number of hydrogen-bond donors (Lipinski definition) is 0. The van der Waals surface area contributed by atoms with Crippen LogP contribution in [-0.4, -0.2) is 36.2 Å². The van der Waals surface area contributed by atoms with Crippen LogP contribution in [0.3, 0.4) is 0 Å². The van der Waals surface area contributed by atoms with Crippen molar-refractivity contribution in [3.05, 3.63) is 24.1 Å². The van der Waals surface area contributed by atoms with Crippen LogP contribution in [0.25, 0.3) is 0 Å². The molecular weight excluding hydrogens is 231 g/mol. The molecule has 1 aliphatic heterocycles. The second kappa shape index (κ2) is 4.97. The molecule has 1 saturated heterocycles. The minimum absolute atomic E-state index is 0.0114. The Morgan fingerprint density at radius 3 is 3.00 bits per heavy atom. The number of pyridine rings is 1. The molecule has 3 nitrogen and oxygen atoms in total. The Bertz CT molecular complexity index is 346. The van der Waals surface area contributed by atoms with Gasteiger partial charge in [0.25, 0.3) is 0 Å². The Balaban J connectivity index is 2.11. The van der Waals surface area contributed by atoms with Gasteiger partial charge < -0.3 is 9.64 Å². The van der Waals surface area contributed by atoms with Gasteiger partial charge in [0.1, 0.15) is 11.6 Å². The Kier molecular flexibility index (Phi) is 3.61. The van der Waals surface area contributed by atoms with E-state index >= 15 is 0 Å². The van der Waals surface area contributed by atoms with Crippen molar-refractivity contribution in [1.29, 1.82) is 0 Å². The molecule has 0 amide bonds. The van der Waals surface area contributed by atoms with Crippen LogP contribution < -0.4 is 4.90 Å². The van der Waals surface area contributed by atoms with E-state index in [0.717, 1.165) is 12.4 Å². The normalized spacial score (nSPS) is 25.8. The van der Waals surface area contributed by atoms with Gasteiger partial charge in [-0.05, 0) is 19.1 Å². The topological polar surface area (TPSA) is 25.4 Å². The molecule has 16 heavy (non-hydrogen) atoms. The predicted molar refractivity (Wildman–Crippen MR) is 61.5 cm³/mol. The minimum Gasteiger partial charge on any atom is -0.370 e. The molecule has 0 spiro atoms. The Hall–Kier alpha value is -0.870. The molecule has 1 fully saturated rings. The molecule has 88 valence electrons. The molecule has 0 saturated carbocycles. The molecule has 1 aromatic rings. The number of nitrogens with zero attached hydrogens (tertiary/aromatic N) is 2. The number of aromatic nitrogens is 1. The third-order valence-electron chi connectivity index (χ3n) is 2.53. The maximum atomic E-state index is 12.7. The van der Waals surface area contributed by atoms with E-state index < -0.39 is 0 Å². The van der Waals surface area contributed by atoms with Gasteiger partial charge in [-0.3, -0.25) is 0 Å². The fraction of sp³-hybridized carbons (Fsp3) is 0.545. The van der Waals surface area contributed by atoms with Gasteiger partial charge in [0.15, 0.2) is 0 Å². The Labute approximate surface area is 99.2 Å². The highest BCUT2D eigenvalue weighted by Gasteiger charge is 2.25. The van der Waals surface area contributed by atoms with E-state index in [1.54, 1.807) is 6.07 Å². The lowest BCUT2D eigenvalue weighted by Gasteiger charge is -2.36. The summed E-state index contributed by atoms with van der Waals surface area (Å²) in [5.74, 6) is 0.910. The molecule has 0 N–H and O–H groups in total. The highest BCUT2D eigenvalue weighted by Crippen LogP contribution is 2.18. The van der Waals surface area contributed by atoms with Crippen molar-refractivity contribution in [2.45, 2.75) is 19.1 Å². The van der Waals surface area contributed by atoms with Gasteiger partial charge in [-0.1, -0.05) is 0 Å². The first-order chi connectivity index (χ1) is 7.69. The van der Waals surface area contributed by atoms with E-state index in [2.05, 4.69) is 9.88 Å². The van der Waals surface area contributed by atoms with Crippen molar-refractivity contribution in [2.75, 3.05) is 23.9 Å². The predicted octanol–water partition coefficient (Wildman–Crippen LogP) is 2.05. The summed E-state index contributed by atoms with van der Waals surface area (Å²) in [5, 5.41) is 0. The van der Waals surface area contributed by atoms with Crippen molar-refractivity contribution in [3.63, 3.8) is 0 Å². The zero-order chi connectivity index (χ0) is 11.5. The molecule has 1 aliphatic rings. The number of rotatable bonds is 2. The van der Waals surface area contributed by atoms with E-state index in [0.29, 0.717) is 12.4 Å². The summed E-state index contributed by atoms with van der Waals surface area (Å²) >= 11 is 5.79. The lowest BCUT2D eigenvalue weighted by molar-refractivity contribution is -0.00357. The average Bonchev–Trinajstić information content (AvgIpc) is 2.29. The quantitative estimate of drug-likeness (QED) is 0.745. The first-order valence-corrected chi connectivity index (χ1v) is 5.80. The molecule has 2 rings (SSSR count). The number of morpholine rings is 1. The van der Waals surface area contributed by atoms with Gasteiger partial charge in [-0.25, -0.2) is 9.37 Å². The largest absolute Gasteiger partial charge is 0.370 e. The van der Waals surface area contributed by atoms with Crippen LogP contribution >= 0.6 is 11.6 Å². The number of ether oxygens (including phenoxy) is 1. The van der Waals surface area contributed by atoms with E-state index in [1.165, 1.54) is 12.3 Å². The van der Waals surface area contributed by atoms with Crippen molar-refractivity contribution < 1.29 is 9.13 Å². The van der Waals surface area contributed by atoms with Gasteiger partial charge in [0, 0.05) is 13.1 Å². The summed E-state index contributed by atoms with van der Waals surface area (Å²) in [5.41, 5.74) is 0. The summed E-state index contributed by atoms with van der Waals surface area (Å²) in [7, 11) is 0. The average molecular weight is 245 g/mol. The summed E-state index contributed by atoms with van der Waals surface area (Å²) in [4.78, 5) is 6.13. The summed E-state index contributed by atoms with van der Waals surface area (Å²) in [6.07, 6.45) is 1.35. The third-order valence-corrected chi connectivity index (χ3v) is 2.88. The molecule has 0 bridgehead atoms. The molecular formula is C11H14ClFN2O. The van der Waals surface area contributed by atoms with Crippen molar-refractivity contribution in [2.24, 2.45) is 0 Å². The van der Waals surface area contributed by atoms with Crippen LogP contribution in [0.2, 0.25) is 0 Å². The fourth-order valence-corrected chi connectivity index (χ4v) is 2.04. The summed E-state index contributed by atoms with van der Waals surface area (Å²) in [6, 6.07) is 3.09. The second-order valence-electron chi connectivity index (χ2n) is 3.96. The summed E-state index contributed by atoms with van der Waals surface area (Å²) in [6.45, 7) is 3.45. The van der Waals surface area contributed by atoms with Gasteiger partial charge in [0.05, 0.1) is 24.3 Å². The van der Waals surface area contributed by atoms with E-state index in [1.807, 2.05) is 6.92 Å². The monoisotopic (exact) mass is 244 g/mol. The molecule has 0 radical (unpaired) electrons. The molecule has 5 heteroatoms. The van der Waals surface area contributed by atoms with E-state index in [9.17, 15) is 4.39 Å². The van der Waals surface area contributed by atoms with Crippen molar-refractivity contribution >= 4 is 17.4 Å².